The van der Waals surface area contributed by atoms with Crippen molar-refractivity contribution in [2.24, 2.45) is 0 Å². The van der Waals surface area contributed by atoms with Gasteiger partial charge in [0.1, 0.15) is 24.4 Å². The standard InChI is InChI=1S/C16H21ClN2O4.C16H20N2O4.B9/c1-16(2,3)23-15(21)19-8-6-11-4-5-12(10-13(11)19)18-14(20)22-9-7-17;1-16(2,3)22-15(20)18-7-6-11-4-5-12(10-13(11)18)17-8-9-21-14(17)19;1-6-9(7(2)3)8(4)5/h4-5,10H,6-9H2,1-3H3,(H,18,20);4-5,10H,6-9H2,1-3H3;. The molecule has 22 heteroatoms. The minimum atomic E-state index is -0.576. The highest BCUT2D eigenvalue weighted by molar-refractivity contribution is 7.93. The smallest absolute Gasteiger partial charge is 0.414 e. The van der Waals surface area contributed by atoms with Crippen LogP contribution in [0.1, 0.15) is 52.7 Å². The molecule has 0 spiro atoms. The van der Waals surface area contributed by atoms with Gasteiger partial charge < -0.3 is 18.9 Å². The van der Waals surface area contributed by atoms with Gasteiger partial charge in [-0.25, -0.2) is 19.2 Å². The van der Waals surface area contributed by atoms with Gasteiger partial charge >= 0.3 is 24.4 Å². The number of halogens is 1. The minimum absolute atomic E-state index is 0.141. The molecule has 4 amide bonds. The fourth-order valence-corrected chi connectivity index (χ4v) is 5.51. The van der Waals surface area contributed by atoms with E-state index in [0.717, 1.165) is 41.0 Å². The molecule has 1 saturated heterocycles. The summed E-state index contributed by atoms with van der Waals surface area (Å²) in [6, 6.07) is 11.1. The molecule has 2 aromatic carbocycles. The van der Waals surface area contributed by atoms with Crippen LogP contribution in [0.15, 0.2) is 36.4 Å². The molecule has 11 radical (unpaired) electrons. The van der Waals surface area contributed by atoms with Crippen molar-refractivity contribution < 1.29 is 38.1 Å². The Bertz CT molecular complexity index is 1620. The molecule has 271 valence electrons. The molecule has 1 N–H and O–H groups in total. The fourth-order valence-electron chi connectivity index (χ4n) is 5.43. The van der Waals surface area contributed by atoms with E-state index in [0.29, 0.717) is 31.9 Å². The summed E-state index contributed by atoms with van der Waals surface area (Å²) in [6.07, 6.45) is -1.58. The molecule has 3 aliphatic heterocycles. The van der Waals surface area contributed by atoms with Crippen molar-refractivity contribution in [1.82, 2.24) is 0 Å². The molecule has 12 nitrogen and oxygen atoms in total. The number of carbonyl (C=O) groups excluding carboxylic acids is 4. The van der Waals surface area contributed by atoms with E-state index in [4.69, 9.17) is 69.2 Å². The largest absolute Gasteiger partial charge is 0.448 e. The number of benzene rings is 2. The number of hydrogen-bond donors (Lipinski definition) is 1. The van der Waals surface area contributed by atoms with Crippen LogP contribution >= 0.6 is 11.6 Å². The summed E-state index contributed by atoms with van der Waals surface area (Å²) in [5.41, 5.74) is 3.89. The first-order valence-electron chi connectivity index (χ1n) is 17.5. The summed E-state index contributed by atoms with van der Waals surface area (Å²) in [5, 5.41) is 2.62. The highest BCUT2D eigenvalue weighted by Crippen LogP contribution is 2.34. The molecule has 0 saturated carbocycles. The summed E-state index contributed by atoms with van der Waals surface area (Å²) >= 11 is 5.47. The van der Waals surface area contributed by atoms with Gasteiger partial charge in [0, 0.05) is 89.4 Å². The van der Waals surface area contributed by atoms with Crippen LogP contribution in [0.3, 0.4) is 0 Å². The molecule has 0 atom stereocenters. The number of ether oxygens (including phenoxy) is 4. The Morgan fingerprint density at radius 1 is 0.852 bits per heavy atom. The van der Waals surface area contributed by atoms with E-state index in [1.807, 2.05) is 65.8 Å². The second-order valence-corrected chi connectivity index (χ2v) is 14.9. The molecule has 0 aromatic heterocycles. The van der Waals surface area contributed by atoms with Crippen molar-refractivity contribution >= 4 is 124 Å². The molecule has 3 aliphatic rings. The average Bonchev–Trinajstić information content (AvgIpc) is 3.80. The molecule has 0 unspecified atom stereocenters. The number of hydrogen-bond acceptors (Lipinski definition) is 8. The molecule has 1 fully saturated rings. The summed E-state index contributed by atoms with van der Waals surface area (Å²) in [7, 11) is 27.5. The number of nitrogens with zero attached hydrogens (tertiary/aromatic N) is 3. The molecule has 2 aromatic rings. The molecule has 5 rings (SSSR count). The molecule has 0 aliphatic carbocycles. The molecule has 3 heterocycles. The van der Waals surface area contributed by atoms with Crippen LogP contribution in [-0.4, -0.2) is 139 Å². The van der Waals surface area contributed by atoms with Crippen LogP contribution in [0.4, 0.5) is 41.9 Å². The fraction of sp³-hybridized carbons (Fsp3) is 0.500. The Hall–Kier alpha value is -3.61. The molecular weight excluding hydrogens is 701 g/mol. The molecule has 0 bridgehead atoms. The highest BCUT2D eigenvalue weighted by Gasteiger charge is 2.32. The zero-order valence-corrected chi connectivity index (χ0v) is 32.6. The predicted molar refractivity (Wildman–Crippen MR) is 224 cm³/mol. The number of amides is 4. The molecule has 54 heavy (non-hydrogen) atoms. The lowest BCUT2D eigenvalue weighted by Gasteiger charge is -2.25. The maximum atomic E-state index is 12.3. The second kappa shape index (κ2) is 19.8. The summed E-state index contributed by atoms with van der Waals surface area (Å²) in [4.78, 5) is 52.6. The summed E-state index contributed by atoms with van der Waals surface area (Å²) in [5.74, 6) is 0.240. The first-order valence-corrected chi connectivity index (χ1v) is 18.1. The van der Waals surface area contributed by atoms with Gasteiger partial charge in [0.2, 0.25) is 0 Å². The van der Waals surface area contributed by atoms with E-state index in [2.05, 4.69) is 5.32 Å². The van der Waals surface area contributed by atoms with Gasteiger partial charge in [0.05, 0.1) is 23.8 Å². The van der Waals surface area contributed by atoms with Gasteiger partial charge in [-0.2, -0.15) is 0 Å². The van der Waals surface area contributed by atoms with Crippen molar-refractivity contribution in [3.05, 3.63) is 47.5 Å². The highest BCUT2D eigenvalue weighted by atomic mass is 35.5. The van der Waals surface area contributed by atoms with Crippen LogP contribution in [0.25, 0.3) is 0 Å². The number of rotatable bonds is 7. The average molecular weight is 742 g/mol. The van der Waals surface area contributed by atoms with Crippen molar-refractivity contribution in [3.8, 4) is 0 Å². The summed E-state index contributed by atoms with van der Waals surface area (Å²) < 4.78 is 20.7. The van der Waals surface area contributed by atoms with Gasteiger partial charge in [0.15, 0.2) is 0 Å². The number of cyclic esters (lactones) is 1. The van der Waals surface area contributed by atoms with E-state index >= 15 is 0 Å². The van der Waals surface area contributed by atoms with Gasteiger partial charge in [0.25, 0.3) is 0 Å². The Balaban J connectivity index is 0.000000238. The van der Waals surface area contributed by atoms with Gasteiger partial charge in [-0.15, -0.1) is 11.6 Å². The maximum Gasteiger partial charge on any atom is 0.414 e. The van der Waals surface area contributed by atoms with Crippen LogP contribution in [-0.2, 0) is 31.8 Å². The zero-order chi connectivity index (χ0) is 40.4. The number of nitrogens with one attached hydrogen (secondary N) is 1. The van der Waals surface area contributed by atoms with Crippen molar-refractivity contribution in [3.63, 3.8) is 0 Å². The Morgan fingerprint density at radius 3 is 1.80 bits per heavy atom. The Kier molecular flexibility index (Phi) is 16.4. The van der Waals surface area contributed by atoms with Gasteiger partial charge in [-0.3, -0.25) is 20.0 Å². The zero-order valence-electron chi connectivity index (χ0n) is 31.8. The van der Waals surface area contributed by atoms with E-state index in [1.165, 1.54) is 7.06 Å². The number of anilines is 4. The lowest BCUT2D eigenvalue weighted by atomic mass is 8.64. The van der Waals surface area contributed by atoms with Crippen LogP contribution < -0.4 is 20.0 Å². The normalized spacial score (nSPS) is 14.2. The Labute approximate surface area is 332 Å². The minimum Gasteiger partial charge on any atom is -0.448 e. The van der Waals surface area contributed by atoms with Crippen LogP contribution in [0.5, 0.6) is 0 Å². The van der Waals surface area contributed by atoms with Gasteiger partial charge in [-0.1, -0.05) is 12.1 Å². The first kappa shape index (κ1) is 44.8. The number of fused-ring (bicyclic) bond motifs is 2. The molecular formula is C32H41B9ClN4O8. The quantitative estimate of drug-likeness (QED) is 0.261. The predicted octanol–water partition coefficient (Wildman–Crippen LogP) is 3.29. The lowest BCUT2D eigenvalue weighted by Crippen LogP contribution is -2.55. The van der Waals surface area contributed by atoms with Crippen LogP contribution in [0.2, 0.25) is 0 Å². The SMILES string of the molecule is CC(C)(C)OC(=O)N1CCc2ccc(N3CCOC3=O)cc21.CC(C)(C)OC(=O)N1CCc2ccc(NC(=O)OCCCl)cc21.[B][B]B(B([B])[B])B([B])[B]. The maximum absolute atomic E-state index is 12.3. The number of alkyl halides is 1. The van der Waals surface area contributed by atoms with E-state index in [9.17, 15) is 19.2 Å². The second-order valence-electron chi connectivity index (χ2n) is 14.6. The van der Waals surface area contributed by atoms with Crippen molar-refractivity contribution in [1.29, 1.82) is 0 Å². The van der Waals surface area contributed by atoms with E-state index in [1.54, 1.807) is 26.8 Å². The lowest BCUT2D eigenvalue weighted by molar-refractivity contribution is 0.0573. The van der Waals surface area contributed by atoms with Crippen molar-refractivity contribution in [2.45, 2.75) is 65.6 Å². The monoisotopic (exact) mass is 743 g/mol. The summed E-state index contributed by atoms with van der Waals surface area (Å²) in [6.45, 7) is 13.2. The Morgan fingerprint density at radius 2 is 1.37 bits per heavy atom. The third-order valence-electron chi connectivity index (χ3n) is 7.91. The topological polar surface area (TPSA) is 127 Å². The third kappa shape index (κ3) is 13.3. The van der Waals surface area contributed by atoms with Crippen LogP contribution in [0, 0.1) is 0 Å². The van der Waals surface area contributed by atoms with Gasteiger partial charge in [-0.05, 0) is 89.8 Å². The van der Waals surface area contributed by atoms with E-state index < -0.39 is 36.2 Å². The third-order valence-corrected chi connectivity index (χ3v) is 8.07. The first-order chi connectivity index (χ1) is 25.2. The number of carbonyl (C=O) groups is 4. The van der Waals surface area contributed by atoms with Crippen molar-refractivity contribution in [2.75, 3.05) is 58.7 Å². The van der Waals surface area contributed by atoms with E-state index in [-0.39, 0.29) is 31.1 Å².